The Balaban J connectivity index is 1.55. The Morgan fingerprint density at radius 1 is 1.24 bits per heavy atom. The number of ether oxygens (including phenoxy) is 1. The summed E-state index contributed by atoms with van der Waals surface area (Å²) < 4.78 is 55.9. The van der Waals surface area contributed by atoms with Gasteiger partial charge in [-0.25, -0.2) is 24.3 Å². The summed E-state index contributed by atoms with van der Waals surface area (Å²) in [4.78, 5) is 19.3. The van der Waals surface area contributed by atoms with Crippen LogP contribution in [0.15, 0.2) is 36.8 Å². The number of nitrogens with zero attached hydrogens (tertiary/aromatic N) is 5. The van der Waals surface area contributed by atoms with Crippen molar-refractivity contribution in [2.75, 3.05) is 18.1 Å². The molecule has 0 amide bonds. The number of benzene rings is 1. The van der Waals surface area contributed by atoms with E-state index in [1.807, 2.05) is 11.8 Å². The lowest BCUT2D eigenvalue weighted by Crippen LogP contribution is -2.35. The van der Waals surface area contributed by atoms with E-state index < -0.39 is 28.0 Å². The third-order valence-electron chi connectivity index (χ3n) is 5.59. The van der Waals surface area contributed by atoms with Crippen molar-refractivity contribution >= 4 is 16.8 Å². The van der Waals surface area contributed by atoms with Gasteiger partial charge >= 0.3 is 0 Å². The van der Waals surface area contributed by atoms with Gasteiger partial charge in [-0.3, -0.25) is 4.21 Å². The number of rotatable bonds is 7. The molecule has 0 bridgehead atoms. The topological polar surface area (TPSA) is 104 Å². The van der Waals surface area contributed by atoms with Gasteiger partial charge in [0.15, 0.2) is 23.2 Å². The summed E-state index contributed by atoms with van der Waals surface area (Å²) in [6.45, 7) is 3.93. The fourth-order valence-corrected chi connectivity index (χ4v) is 3.98. The van der Waals surface area contributed by atoms with Crippen molar-refractivity contribution in [1.29, 1.82) is 0 Å². The zero-order valence-corrected chi connectivity index (χ0v) is 18.9. The minimum Gasteiger partial charge on any atom is -0.772 e. The predicted molar refractivity (Wildman–Crippen MR) is 117 cm³/mol. The molecule has 3 heterocycles. The first-order valence-electron chi connectivity index (χ1n) is 10.4. The van der Waals surface area contributed by atoms with E-state index in [1.54, 1.807) is 24.7 Å². The minimum absolute atomic E-state index is 0.0501. The molecule has 0 radical (unpaired) electrons. The van der Waals surface area contributed by atoms with Crippen molar-refractivity contribution < 1.29 is 22.3 Å². The van der Waals surface area contributed by atoms with Crippen molar-refractivity contribution in [3.05, 3.63) is 59.7 Å². The number of fused-ring (bicyclic) bond motifs is 1. The van der Waals surface area contributed by atoms with Gasteiger partial charge in [-0.2, -0.15) is 4.39 Å². The van der Waals surface area contributed by atoms with Crippen LogP contribution in [0.25, 0.3) is 11.6 Å². The average Bonchev–Trinajstić information content (AvgIpc) is 2.82. The highest BCUT2D eigenvalue weighted by atomic mass is 32.2. The monoisotopic (exact) mass is 474 g/mol. The van der Waals surface area contributed by atoms with Crippen LogP contribution < -0.4 is 9.64 Å². The molecule has 1 aliphatic heterocycles. The van der Waals surface area contributed by atoms with Crippen LogP contribution in [-0.4, -0.2) is 47.1 Å². The standard InChI is InChI=1S/C22H23F2N5O3S/c1-13(33(30)31)5-9-32-19-11-15(10-17(23)20(19)24)29-8-4-18-16(14(29)2)12-27-22(28-18)21-25-6-3-7-26-21/h3,6-7,10-14H,4-5,8-9H2,1-2H3,(H,30,31)/p-1. The molecule has 0 aliphatic carbocycles. The molecule has 3 atom stereocenters. The smallest absolute Gasteiger partial charge is 0.200 e. The van der Waals surface area contributed by atoms with E-state index in [2.05, 4.69) is 19.9 Å². The average molecular weight is 475 g/mol. The zero-order chi connectivity index (χ0) is 23.5. The molecule has 8 nitrogen and oxygen atoms in total. The predicted octanol–water partition coefficient (Wildman–Crippen LogP) is 3.37. The summed E-state index contributed by atoms with van der Waals surface area (Å²) in [7, 11) is 0. The summed E-state index contributed by atoms with van der Waals surface area (Å²) in [5.41, 5.74) is 2.19. The molecule has 1 aliphatic rings. The van der Waals surface area contributed by atoms with Gasteiger partial charge in [-0.15, -0.1) is 0 Å². The highest BCUT2D eigenvalue weighted by Gasteiger charge is 2.28. The summed E-state index contributed by atoms with van der Waals surface area (Å²) in [6, 6.07) is 4.09. The van der Waals surface area contributed by atoms with Gasteiger partial charge < -0.3 is 14.2 Å². The number of aromatic nitrogens is 4. The van der Waals surface area contributed by atoms with Crippen molar-refractivity contribution in [3.63, 3.8) is 0 Å². The molecule has 4 rings (SSSR count). The molecule has 0 fully saturated rings. The largest absolute Gasteiger partial charge is 0.772 e. The zero-order valence-electron chi connectivity index (χ0n) is 18.1. The maximum atomic E-state index is 14.4. The van der Waals surface area contributed by atoms with Gasteiger partial charge in [0.2, 0.25) is 5.82 Å². The molecule has 3 aromatic rings. The molecule has 0 spiro atoms. The lowest BCUT2D eigenvalue weighted by molar-refractivity contribution is 0.288. The first-order chi connectivity index (χ1) is 15.8. The summed E-state index contributed by atoms with van der Waals surface area (Å²) in [5, 5.41) is -0.647. The van der Waals surface area contributed by atoms with Gasteiger partial charge in [0.25, 0.3) is 0 Å². The number of hydrogen-bond acceptors (Lipinski definition) is 8. The number of halogens is 2. The third kappa shape index (κ3) is 4.98. The normalized spacial score (nSPS) is 17.4. The van der Waals surface area contributed by atoms with E-state index in [1.165, 1.54) is 13.0 Å². The molecule has 1 aromatic carbocycles. The van der Waals surface area contributed by atoms with E-state index in [0.29, 0.717) is 30.3 Å². The number of hydrogen-bond donors (Lipinski definition) is 0. The van der Waals surface area contributed by atoms with Crippen LogP contribution in [0.1, 0.15) is 37.6 Å². The van der Waals surface area contributed by atoms with Crippen LogP contribution in [-0.2, 0) is 17.5 Å². The van der Waals surface area contributed by atoms with Crippen molar-refractivity contribution in [2.24, 2.45) is 0 Å². The highest BCUT2D eigenvalue weighted by molar-refractivity contribution is 7.79. The third-order valence-corrected chi connectivity index (χ3v) is 6.49. The molecule has 2 aromatic heterocycles. The van der Waals surface area contributed by atoms with E-state index >= 15 is 0 Å². The molecular weight excluding hydrogens is 452 g/mol. The first kappa shape index (κ1) is 23.1. The minimum atomic E-state index is -2.25. The van der Waals surface area contributed by atoms with E-state index in [9.17, 15) is 17.5 Å². The second kappa shape index (κ2) is 9.84. The van der Waals surface area contributed by atoms with Crippen LogP contribution in [0.2, 0.25) is 0 Å². The summed E-state index contributed by atoms with van der Waals surface area (Å²) in [6.07, 6.45) is 5.70. The van der Waals surface area contributed by atoms with Gasteiger partial charge in [0, 0.05) is 60.2 Å². The molecular formula is C22H22F2N5O3S-. The summed E-state index contributed by atoms with van der Waals surface area (Å²) >= 11 is -2.25. The molecule has 0 N–H and O–H groups in total. The van der Waals surface area contributed by atoms with Gasteiger partial charge in [-0.05, 0) is 19.4 Å². The second-order valence-corrected chi connectivity index (χ2v) is 9.06. The van der Waals surface area contributed by atoms with Crippen molar-refractivity contribution in [3.8, 4) is 17.4 Å². The molecule has 33 heavy (non-hydrogen) atoms. The lowest BCUT2D eigenvalue weighted by Gasteiger charge is -2.36. The highest BCUT2D eigenvalue weighted by Crippen LogP contribution is 2.36. The molecule has 3 unspecified atom stereocenters. The Morgan fingerprint density at radius 3 is 2.73 bits per heavy atom. The Kier molecular flexibility index (Phi) is 6.89. The fourth-order valence-electron chi connectivity index (χ4n) is 3.69. The maximum absolute atomic E-state index is 14.4. The Bertz CT molecular complexity index is 1170. The Labute approximate surface area is 192 Å². The van der Waals surface area contributed by atoms with Crippen LogP contribution in [0.5, 0.6) is 5.75 Å². The SMILES string of the molecule is CC1c2cnc(-c3ncccn3)nc2CCN1c1cc(F)c(F)c(OCCC(C)S(=O)[O-])c1. The van der Waals surface area contributed by atoms with Crippen LogP contribution in [0.4, 0.5) is 14.5 Å². The van der Waals surface area contributed by atoms with E-state index in [4.69, 9.17) is 4.74 Å². The quantitative estimate of drug-likeness (QED) is 0.480. The van der Waals surface area contributed by atoms with Crippen molar-refractivity contribution in [2.45, 2.75) is 38.0 Å². The Hall–Kier alpha value is -3.05. The second-order valence-electron chi connectivity index (χ2n) is 7.74. The van der Waals surface area contributed by atoms with Gasteiger partial charge in [0.1, 0.15) is 0 Å². The maximum Gasteiger partial charge on any atom is 0.200 e. The number of anilines is 1. The van der Waals surface area contributed by atoms with Crippen LogP contribution in [0, 0.1) is 11.6 Å². The van der Waals surface area contributed by atoms with Gasteiger partial charge in [-0.1, -0.05) is 18.0 Å². The van der Waals surface area contributed by atoms with Crippen LogP contribution in [0.3, 0.4) is 0 Å². The van der Waals surface area contributed by atoms with Crippen molar-refractivity contribution in [1.82, 2.24) is 19.9 Å². The summed E-state index contributed by atoms with van der Waals surface area (Å²) in [5.74, 6) is -1.51. The van der Waals surface area contributed by atoms with Gasteiger partial charge in [0.05, 0.1) is 18.3 Å². The first-order valence-corrected chi connectivity index (χ1v) is 11.6. The molecule has 11 heteroatoms. The lowest BCUT2D eigenvalue weighted by atomic mass is 9.98. The Morgan fingerprint density at radius 2 is 2.00 bits per heavy atom. The van der Waals surface area contributed by atoms with E-state index in [-0.39, 0.29) is 24.8 Å². The molecule has 0 saturated carbocycles. The van der Waals surface area contributed by atoms with Crippen LogP contribution >= 0.6 is 0 Å². The molecule has 174 valence electrons. The van der Waals surface area contributed by atoms with E-state index in [0.717, 1.165) is 17.3 Å². The molecule has 0 saturated heterocycles. The fraction of sp³-hybridized carbons (Fsp3) is 0.364.